The zero-order chi connectivity index (χ0) is 22.9. The Morgan fingerprint density at radius 1 is 1.30 bits per heavy atom. The first-order valence-electron chi connectivity index (χ1n) is 11.3. The molecule has 1 saturated heterocycles. The highest BCUT2D eigenvalue weighted by atomic mass is 16.5. The van der Waals surface area contributed by atoms with Crippen molar-refractivity contribution in [2.24, 2.45) is 5.92 Å². The minimum Gasteiger partial charge on any atom is -0.497 e. The number of rotatable bonds is 7. The average molecular weight is 447 g/mol. The lowest BCUT2D eigenvalue weighted by atomic mass is 10.1. The maximum absolute atomic E-state index is 13.6. The van der Waals surface area contributed by atoms with Crippen molar-refractivity contribution in [2.75, 3.05) is 38.2 Å². The number of methoxy groups -OCH3 is 1. The first kappa shape index (κ1) is 21.2. The van der Waals surface area contributed by atoms with Gasteiger partial charge in [0, 0.05) is 38.3 Å². The smallest absolute Gasteiger partial charge is 0.278 e. The lowest BCUT2D eigenvalue weighted by molar-refractivity contribution is 0.0970. The molecule has 0 spiro atoms. The largest absolute Gasteiger partial charge is 0.497 e. The van der Waals surface area contributed by atoms with Crippen molar-refractivity contribution >= 4 is 22.6 Å². The molecule has 0 bridgehead atoms. The highest BCUT2D eigenvalue weighted by Gasteiger charge is 2.31. The fourth-order valence-electron chi connectivity index (χ4n) is 4.45. The van der Waals surface area contributed by atoms with Crippen molar-refractivity contribution in [3.8, 4) is 11.8 Å². The van der Waals surface area contributed by atoms with Crippen LogP contribution in [0.5, 0.6) is 5.75 Å². The van der Waals surface area contributed by atoms with E-state index in [4.69, 9.17) is 4.74 Å². The summed E-state index contributed by atoms with van der Waals surface area (Å²) in [6.07, 6.45) is 3.61. The van der Waals surface area contributed by atoms with Gasteiger partial charge in [-0.25, -0.2) is 4.98 Å². The number of nitriles is 1. The summed E-state index contributed by atoms with van der Waals surface area (Å²) in [5, 5.41) is 13.3. The van der Waals surface area contributed by atoms with E-state index in [1.165, 1.54) is 10.9 Å². The number of fused-ring (bicyclic) bond motifs is 1. The molecular formula is C24H26N6O3. The summed E-state index contributed by atoms with van der Waals surface area (Å²) in [5.74, 6) is 1.65. The second-order valence-corrected chi connectivity index (χ2v) is 8.63. The second kappa shape index (κ2) is 8.71. The predicted molar refractivity (Wildman–Crippen MR) is 124 cm³/mol. The van der Waals surface area contributed by atoms with Gasteiger partial charge in [-0.1, -0.05) is 12.1 Å². The summed E-state index contributed by atoms with van der Waals surface area (Å²) >= 11 is 0. The molecule has 1 N–H and O–H groups in total. The summed E-state index contributed by atoms with van der Waals surface area (Å²) in [4.78, 5) is 33.2. The Bertz CT molecular complexity index is 1310. The Morgan fingerprint density at radius 3 is 2.79 bits per heavy atom. The van der Waals surface area contributed by atoms with Crippen LogP contribution in [0.4, 0.5) is 5.82 Å². The molecule has 2 aliphatic rings. The fraction of sp³-hybridized carbons (Fsp3) is 0.417. The van der Waals surface area contributed by atoms with Crippen molar-refractivity contribution in [1.82, 2.24) is 19.4 Å². The number of carbonyl (C=O) groups excluding carboxylic acids is 1. The van der Waals surface area contributed by atoms with Gasteiger partial charge in [-0.3, -0.25) is 14.2 Å². The zero-order valence-electron chi connectivity index (χ0n) is 18.6. The van der Waals surface area contributed by atoms with Crippen LogP contribution in [0.15, 0.2) is 35.4 Å². The summed E-state index contributed by atoms with van der Waals surface area (Å²) in [5.41, 5.74) is 1.44. The second-order valence-electron chi connectivity index (χ2n) is 8.63. The Hall–Kier alpha value is -3.64. The van der Waals surface area contributed by atoms with E-state index in [-0.39, 0.29) is 17.9 Å². The maximum Gasteiger partial charge on any atom is 0.278 e. The van der Waals surface area contributed by atoms with Gasteiger partial charge in [-0.2, -0.15) is 5.26 Å². The number of aromatic nitrogens is 3. The Kier molecular flexibility index (Phi) is 5.60. The number of nitrogens with one attached hydrogen (secondary N) is 1. The lowest BCUT2D eigenvalue weighted by Crippen LogP contribution is -2.44. The topological polar surface area (TPSA) is 105 Å². The molecule has 9 nitrogen and oxygen atoms in total. The van der Waals surface area contributed by atoms with E-state index in [0.717, 1.165) is 44.8 Å². The molecule has 9 heteroatoms. The number of benzene rings is 1. The van der Waals surface area contributed by atoms with Crippen LogP contribution in [-0.2, 0) is 13.1 Å². The van der Waals surface area contributed by atoms with Gasteiger partial charge in [0.15, 0.2) is 5.78 Å². The van der Waals surface area contributed by atoms with Crippen LogP contribution in [0, 0.1) is 17.2 Å². The molecule has 0 unspecified atom stereocenters. The van der Waals surface area contributed by atoms with Gasteiger partial charge >= 0.3 is 0 Å². The van der Waals surface area contributed by atoms with Crippen LogP contribution in [0.2, 0.25) is 0 Å². The van der Waals surface area contributed by atoms with Crippen molar-refractivity contribution < 1.29 is 9.53 Å². The van der Waals surface area contributed by atoms with Gasteiger partial charge in [0.2, 0.25) is 0 Å². The van der Waals surface area contributed by atoms with Crippen molar-refractivity contribution in [3.63, 3.8) is 0 Å². The number of nitrogens with zero attached hydrogens (tertiary/aromatic N) is 5. The molecule has 2 aromatic heterocycles. The number of ether oxygens (including phenoxy) is 1. The average Bonchev–Trinajstić information content (AvgIpc) is 3.61. The lowest BCUT2D eigenvalue weighted by Gasteiger charge is -2.30. The molecule has 0 atom stereocenters. The van der Waals surface area contributed by atoms with E-state index in [1.54, 1.807) is 31.4 Å². The van der Waals surface area contributed by atoms with Gasteiger partial charge in [0.05, 0.1) is 20.0 Å². The maximum atomic E-state index is 13.6. The van der Waals surface area contributed by atoms with E-state index in [0.29, 0.717) is 40.4 Å². The van der Waals surface area contributed by atoms with Crippen LogP contribution >= 0.6 is 0 Å². The summed E-state index contributed by atoms with van der Waals surface area (Å²) in [6, 6.07) is 9.17. The summed E-state index contributed by atoms with van der Waals surface area (Å²) in [6.45, 7) is 3.72. The number of hydrogen-bond donors (Lipinski definition) is 1. The monoisotopic (exact) mass is 446 g/mol. The first-order chi connectivity index (χ1) is 16.1. The number of carbonyl (C=O) groups is 1. The number of ketones is 1. The molecule has 0 amide bonds. The van der Waals surface area contributed by atoms with E-state index >= 15 is 0 Å². The van der Waals surface area contributed by atoms with Gasteiger partial charge in [0.25, 0.3) is 5.56 Å². The van der Waals surface area contributed by atoms with E-state index in [9.17, 15) is 14.9 Å². The standard InChI is InChI=1S/C24H26N6O3/c1-33-18-4-2-3-17(11-18)20(31)14-29-15-27-21-19(12-25)23(28-9-7-26-8-10-28)30(13-16-5-6-16)22(21)24(29)32/h2-4,11,15-16,26H,5-10,13-14H2,1H3. The van der Waals surface area contributed by atoms with Crippen molar-refractivity contribution in [3.05, 3.63) is 52.1 Å². The first-order valence-corrected chi connectivity index (χ1v) is 11.3. The number of piperazine rings is 1. The van der Waals surface area contributed by atoms with Crippen LogP contribution in [0.1, 0.15) is 28.8 Å². The minimum atomic E-state index is -0.296. The molecule has 3 aromatic rings. The molecule has 5 rings (SSSR count). The summed E-state index contributed by atoms with van der Waals surface area (Å²) in [7, 11) is 1.54. The third-order valence-electron chi connectivity index (χ3n) is 6.37. The normalized spacial score (nSPS) is 16.1. The predicted octanol–water partition coefficient (Wildman–Crippen LogP) is 1.78. The molecule has 1 saturated carbocycles. The molecule has 1 aliphatic heterocycles. The SMILES string of the molecule is COc1cccc(C(=O)Cn2cnc3c(C#N)c(N4CCNCC4)n(CC4CC4)c3c2=O)c1. The molecule has 0 radical (unpaired) electrons. The number of anilines is 1. The minimum absolute atomic E-state index is 0.131. The quantitative estimate of drug-likeness (QED) is 0.552. The molecule has 33 heavy (non-hydrogen) atoms. The van der Waals surface area contributed by atoms with Gasteiger partial charge in [0.1, 0.15) is 34.2 Å². The molecule has 170 valence electrons. The van der Waals surface area contributed by atoms with E-state index in [2.05, 4.69) is 21.3 Å². The Morgan fingerprint density at radius 2 is 2.09 bits per heavy atom. The van der Waals surface area contributed by atoms with Gasteiger partial charge in [-0.15, -0.1) is 0 Å². The highest BCUT2D eigenvalue weighted by Crippen LogP contribution is 2.36. The van der Waals surface area contributed by atoms with Crippen LogP contribution in [0.3, 0.4) is 0 Å². The molecule has 3 heterocycles. The third kappa shape index (κ3) is 3.98. The summed E-state index contributed by atoms with van der Waals surface area (Å²) < 4.78 is 8.53. The van der Waals surface area contributed by atoms with Crippen molar-refractivity contribution in [1.29, 1.82) is 5.26 Å². The van der Waals surface area contributed by atoms with Crippen LogP contribution in [0.25, 0.3) is 11.0 Å². The molecular weight excluding hydrogens is 420 g/mol. The number of Topliss-reactive ketones (excluding diaryl/α,β-unsaturated/α-hetero) is 1. The van der Waals surface area contributed by atoms with E-state index < -0.39 is 0 Å². The van der Waals surface area contributed by atoms with Gasteiger partial charge in [-0.05, 0) is 30.9 Å². The van der Waals surface area contributed by atoms with Crippen molar-refractivity contribution in [2.45, 2.75) is 25.9 Å². The Balaban J connectivity index is 1.59. The zero-order valence-corrected chi connectivity index (χ0v) is 18.6. The Labute approximate surface area is 191 Å². The van der Waals surface area contributed by atoms with Crippen LogP contribution in [-0.4, -0.2) is 53.2 Å². The molecule has 1 aromatic carbocycles. The number of hydrogen-bond acceptors (Lipinski definition) is 7. The third-order valence-corrected chi connectivity index (χ3v) is 6.37. The van der Waals surface area contributed by atoms with Gasteiger partial charge < -0.3 is 19.5 Å². The fourth-order valence-corrected chi connectivity index (χ4v) is 4.45. The molecule has 1 aliphatic carbocycles. The van der Waals surface area contributed by atoms with E-state index in [1.807, 2.05) is 4.57 Å². The highest BCUT2D eigenvalue weighted by molar-refractivity contribution is 5.96. The van der Waals surface area contributed by atoms with Crippen LogP contribution < -0.4 is 20.5 Å². The molecule has 2 fully saturated rings.